The van der Waals surface area contributed by atoms with Crippen LogP contribution in [0.15, 0.2) is 42.5 Å². The molecule has 0 aliphatic heterocycles. The van der Waals surface area contributed by atoms with Crippen molar-refractivity contribution in [3.8, 4) is 11.5 Å². The van der Waals surface area contributed by atoms with Crippen LogP contribution in [0.2, 0.25) is 0 Å². The lowest BCUT2D eigenvalue weighted by atomic mass is 10.1. The molecule has 0 saturated carbocycles. The highest BCUT2D eigenvalue weighted by atomic mass is 19.3. The maximum absolute atomic E-state index is 12.8. The van der Waals surface area contributed by atoms with Crippen LogP contribution >= 0.6 is 0 Å². The average molecular weight is 354 g/mol. The molecule has 8 heteroatoms. The van der Waals surface area contributed by atoms with Crippen LogP contribution in [-0.2, 0) is 6.42 Å². The highest BCUT2D eigenvalue weighted by molar-refractivity contribution is 5.89. The number of halogens is 3. The molecule has 2 N–H and O–H groups in total. The van der Waals surface area contributed by atoms with E-state index in [0.717, 1.165) is 5.56 Å². The van der Waals surface area contributed by atoms with Crippen molar-refractivity contribution in [1.82, 2.24) is 5.32 Å². The van der Waals surface area contributed by atoms with Crippen molar-refractivity contribution < 1.29 is 27.4 Å². The zero-order valence-corrected chi connectivity index (χ0v) is 13.4. The van der Waals surface area contributed by atoms with E-state index in [1.165, 1.54) is 37.4 Å². The molecule has 0 aliphatic carbocycles. The molecular formula is C17H17F3N2O3. The van der Waals surface area contributed by atoms with E-state index in [-0.39, 0.29) is 23.0 Å². The van der Waals surface area contributed by atoms with E-state index in [0.29, 0.717) is 13.0 Å². The van der Waals surface area contributed by atoms with Gasteiger partial charge >= 0.3 is 12.6 Å². The first-order valence-electron chi connectivity index (χ1n) is 7.40. The number of carbonyl (C=O) groups is 1. The lowest BCUT2D eigenvalue weighted by Gasteiger charge is -2.12. The molecule has 0 heterocycles. The van der Waals surface area contributed by atoms with Crippen LogP contribution in [0, 0.1) is 5.82 Å². The highest BCUT2D eigenvalue weighted by Gasteiger charge is 2.12. The maximum Gasteiger partial charge on any atom is 0.387 e. The van der Waals surface area contributed by atoms with Crippen molar-refractivity contribution in [3.63, 3.8) is 0 Å². The molecule has 0 saturated heterocycles. The fraction of sp³-hybridized carbons (Fsp3) is 0.235. The van der Waals surface area contributed by atoms with Gasteiger partial charge in [0.15, 0.2) is 11.5 Å². The molecular weight excluding hydrogens is 337 g/mol. The molecule has 0 atom stereocenters. The Morgan fingerprint density at radius 3 is 2.48 bits per heavy atom. The zero-order valence-electron chi connectivity index (χ0n) is 13.4. The Balaban J connectivity index is 1.88. The summed E-state index contributed by atoms with van der Waals surface area (Å²) in [5, 5.41) is 5.13. The second-order valence-electron chi connectivity index (χ2n) is 5.00. The predicted octanol–water partition coefficient (Wildman–Crippen LogP) is 3.80. The van der Waals surface area contributed by atoms with Crippen LogP contribution in [0.1, 0.15) is 5.56 Å². The number of alkyl halides is 2. The number of methoxy groups -OCH3 is 1. The maximum atomic E-state index is 12.8. The van der Waals surface area contributed by atoms with Crippen LogP contribution in [0.25, 0.3) is 0 Å². The first-order chi connectivity index (χ1) is 12.0. The molecule has 5 nitrogen and oxygen atoms in total. The van der Waals surface area contributed by atoms with Crippen LogP contribution in [0.5, 0.6) is 11.5 Å². The molecule has 0 aromatic heterocycles. The number of amides is 2. The number of ether oxygens (including phenoxy) is 2. The van der Waals surface area contributed by atoms with E-state index < -0.39 is 12.6 Å². The second kappa shape index (κ2) is 8.81. The molecule has 134 valence electrons. The topological polar surface area (TPSA) is 59.6 Å². The van der Waals surface area contributed by atoms with Gasteiger partial charge in [0, 0.05) is 18.3 Å². The minimum Gasteiger partial charge on any atom is -0.493 e. The number of anilines is 1. The first-order valence-corrected chi connectivity index (χ1v) is 7.40. The number of benzene rings is 2. The summed E-state index contributed by atoms with van der Waals surface area (Å²) in [6.45, 7) is -2.68. The third-order valence-corrected chi connectivity index (χ3v) is 3.25. The van der Waals surface area contributed by atoms with Crippen molar-refractivity contribution in [2.75, 3.05) is 19.0 Å². The summed E-state index contributed by atoms with van der Waals surface area (Å²) in [4.78, 5) is 11.8. The molecule has 2 amide bonds. The van der Waals surface area contributed by atoms with Crippen molar-refractivity contribution in [2.45, 2.75) is 13.0 Å². The largest absolute Gasteiger partial charge is 0.493 e. The predicted molar refractivity (Wildman–Crippen MR) is 86.8 cm³/mol. The summed E-state index contributed by atoms with van der Waals surface area (Å²) in [6, 6.07) is 9.59. The standard InChI is InChI=1S/C17H17F3N2O3/c1-24-14-7-6-13(10-15(14)25-16(19)20)22-17(23)21-9-8-11-2-4-12(18)5-3-11/h2-7,10,16H,8-9H2,1H3,(H2,21,22,23). The monoisotopic (exact) mass is 354 g/mol. The number of hydrogen-bond acceptors (Lipinski definition) is 3. The molecule has 0 bridgehead atoms. The summed E-state index contributed by atoms with van der Waals surface area (Å²) in [6.07, 6.45) is 0.524. The lowest BCUT2D eigenvalue weighted by Crippen LogP contribution is -2.30. The Kier molecular flexibility index (Phi) is 6.50. The molecule has 0 aliphatic rings. The summed E-state index contributed by atoms with van der Waals surface area (Å²) < 4.78 is 46.8. The van der Waals surface area contributed by atoms with Gasteiger partial charge in [-0.05, 0) is 36.2 Å². The van der Waals surface area contributed by atoms with E-state index in [9.17, 15) is 18.0 Å². The van der Waals surface area contributed by atoms with Gasteiger partial charge in [-0.3, -0.25) is 0 Å². The molecule has 0 radical (unpaired) electrons. The van der Waals surface area contributed by atoms with Crippen LogP contribution in [0.4, 0.5) is 23.7 Å². The molecule has 0 spiro atoms. The number of urea groups is 1. The third-order valence-electron chi connectivity index (χ3n) is 3.25. The smallest absolute Gasteiger partial charge is 0.387 e. The van der Waals surface area contributed by atoms with Gasteiger partial charge in [-0.15, -0.1) is 0 Å². The Morgan fingerprint density at radius 1 is 1.12 bits per heavy atom. The van der Waals surface area contributed by atoms with Crippen molar-refractivity contribution in [3.05, 3.63) is 53.8 Å². The summed E-state index contributed by atoms with van der Waals surface area (Å²) in [7, 11) is 1.32. The minimum atomic E-state index is -3.01. The van der Waals surface area contributed by atoms with Crippen molar-refractivity contribution in [1.29, 1.82) is 0 Å². The van der Waals surface area contributed by atoms with Crippen molar-refractivity contribution >= 4 is 11.7 Å². The van der Waals surface area contributed by atoms with Gasteiger partial charge in [-0.25, -0.2) is 9.18 Å². The number of hydrogen-bond donors (Lipinski definition) is 2. The van der Waals surface area contributed by atoms with Crippen LogP contribution < -0.4 is 20.1 Å². The normalized spacial score (nSPS) is 10.4. The average Bonchev–Trinajstić information content (AvgIpc) is 2.56. The SMILES string of the molecule is COc1ccc(NC(=O)NCCc2ccc(F)cc2)cc1OC(F)F. The minimum absolute atomic E-state index is 0.127. The molecule has 2 rings (SSSR count). The van der Waals surface area contributed by atoms with Crippen LogP contribution in [0.3, 0.4) is 0 Å². The van der Waals surface area contributed by atoms with Crippen molar-refractivity contribution in [2.24, 2.45) is 0 Å². The van der Waals surface area contributed by atoms with Gasteiger partial charge in [-0.2, -0.15) is 8.78 Å². The van der Waals surface area contributed by atoms with Gasteiger partial charge < -0.3 is 20.1 Å². The first kappa shape index (κ1) is 18.4. The molecule has 2 aromatic rings. The Bertz CT molecular complexity index is 709. The molecule has 0 unspecified atom stereocenters. The van der Waals surface area contributed by atoms with Gasteiger partial charge in [0.05, 0.1) is 7.11 Å². The molecule has 25 heavy (non-hydrogen) atoms. The summed E-state index contributed by atoms with van der Waals surface area (Å²) in [5.74, 6) is -0.375. The Morgan fingerprint density at radius 2 is 1.84 bits per heavy atom. The van der Waals surface area contributed by atoms with Gasteiger partial charge in [-0.1, -0.05) is 12.1 Å². The van der Waals surface area contributed by atoms with E-state index in [1.54, 1.807) is 12.1 Å². The van der Waals surface area contributed by atoms with E-state index in [4.69, 9.17) is 4.74 Å². The van der Waals surface area contributed by atoms with E-state index in [1.807, 2.05) is 0 Å². The van der Waals surface area contributed by atoms with E-state index in [2.05, 4.69) is 15.4 Å². The quantitative estimate of drug-likeness (QED) is 0.795. The summed E-state index contributed by atoms with van der Waals surface area (Å²) >= 11 is 0. The lowest BCUT2D eigenvalue weighted by molar-refractivity contribution is -0.0511. The van der Waals surface area contributed by atoms with Gasteiger partial charge in [0.1, 0.15) is 5.82 Å². The Hall–Kier alpha value is -2.90. The number of nitrogens with one attached hydrogen (secondary N) is 2. The number of rotatable bonds is 7. The van der Waals surface area contributed by atoms with Gasteiger partial charge in [0.25, 0.3) is 0 Å². The molecule has 2 aromatic carbocycles. The fourth-order valence-electron chi connectivity index (χ4n) is 2.09. The highest BCUT2D eigenvalue weighted by Crippen LogP contribution is 2.31. The fourth-order valence-corrected chi connectivity index (χ4v) is 2.09. The van der Waals surface area contributed by atoms with Crippen LogP contribution in [-0.4, -0.2) is 26.3 Å². The number of carbonyl (C=O) groups excluding carboxylic acids is 1. The Labute approximate surface area is 142 Å². The third kappa shape index (κ3) is 5.91. The molecule has 0 fully saturated rings. The summed E-state index contributed by atoms with van der Waals surface area (Å²) in [5.41, 5.74) is 1.15. The zero-order chi connectivity index (χ0) is 18.2. The second-order valence-corrected chi connectivity index (χ2v) is 5.00. The van der Waals surface area contributed by atoms with Gasteiger partial charge in [0.2, 0.25) is 0 Å². The van der Waals surface area contributed by atoms with E-state index >= 15 is 0 Å².